The predicted molar refractivity (Wildman–Crippen MR) is 91.4 cm³/mol. The molecule has 0 saturated heterocycles. The largest absolute Gasteiger partial charge is 0.332 e. The van der Waals surface area contributed by atoms with Crippen LogP contribution < -0.4 is 5.32 Å². The SMILES string of the molecule is O=C(Cc1ccc2ccccc2c1)Nc1cn(C2CCC2)cn1. The van der Waals surface area contributed by atoms with E-state index in [0.717, 1.165) is 10.9 Å². The zero-order valence-corrected chi connectivity index (χ0v) is 12.9. The minimum atomic E-state index is -0.0286. The highest BCUT2D eigenvalue weighted by Crippen LogP contribution is 2.31. The van der Waals surface area contributed by atoms with Crippen LogP contribution in [0.1, 0.15) is 30.9 Å². The maximum Gasteiger partial charge on any atom is 0.229 e. The van der Waals surface area contributed by atoms with Crippen molar-refractivity contribution in [2.24, 2.45) is 0 Å². The maximum atomic E-state index is 12.2. The highest BCUT2D eigenvalue weighted by Gasteiger charge is 2.19. The Morgan fingerprint density at radius 1 is 1.17 bits per heavy atom. The van der Waals surface area contributed by atoms with Crippen molar-refractivity contribution in [3.8, 4) is 0 Å². The molecule has 4 rings (SSSR count). The molecule has 3 aromatic rings. The number of hydrogen-bond donors (Lipinski definition) is 1. The lowest BCUT2D eigenvalue weighted by atomic mass is 9.93. The van der Waals surface area contributed by atoms with Crippen molar-refractivity contribution in [3.05, 3.63) is 60.6 Å². The van der Waals surface area contributed by atoms with E-state index in [9.17, 15) is 4.79 Å². The monoisotopic (exact) mass is 305 g/mol. The Bertz CT molecular complexity index is 848. The molecule has 1 aliphatic rings. The lowest BCUT2D eigenvalue weighted by Gasteiger charge is -2.26. The lowest BCUT2D eigenvalue weighted by Crippen LogP contribution is -2.16. The third kappa shape index (κ3) is 2.97. The molecule has 1 saturated carbocycles. The number of carbonyl (C=O) groups is 1. The van der Waals surface area contributed by atoms with Gasteiger partial charge in [-0.1, -0.05) is 42.5 Å². The smallest absolute Gasteiger partial charge is 0.229 e. The molecule has 0 radical (unpaired) electrons. The van der Waals surface area contributed by atoms with Crippen LogP contribution in [-0.2, 0) is 11.2 Å². The Morgan fingerprint density at radius 3 is 2.78 bits per heavy atom. The molecule has 0 bridgehead atoms. The summed E-state index contributed by atoms with van der Waals surface area (Å²) in [4.78, 5) is 16.5. The van der Waals surface area contributed by atoms with Gasteiger partial charge in [-0.05, 0) is 35.6 Å². The number of imidazole rings is 1. The highest BCUT2D eigenvalue weighted by molar-refractivity contribution is 5.92. The van der Waals surface area contributed by atoms with Gasteiger partial charge in [0.05, 0.1) is 12.7 Å². The van der Waals surface area contributed by atoms with Gasteiger partial charge in [0, 0.05) is 12.2 Å². The van der Waals surface area contributed by atoms with E-state index in [2.05, 4.69) is 39.1 Å². The number of anilines is 1. The van der Waals surface area contributed by atoms with Crippen LogP contribution in [-0.4, -0.2) is 15.5 Å². The van der Waals surface area contributed by atoms with Crippen molar-refractivity contribution in [1.82, 2.24) is 9.55 Å². The second kappa shape index (κ2) is 5.88. The fraction of sp³-hybridized carbons (Fsp3) is 0.263. The van der Waals surface area contributed by atoms with Gasteiger partial charge in [0.25, 0.3) is 0 Å². The van der Waals surface area contributed by atoms with Crippen molar-refractivity contribution in [2.45, 2.75) is 31.7 Å². The summed E-state index contributed by atoms with van der Waals surface area (Å²) in [6, 6.07) is 14.9. The molecule has 23 heavy (non-hydrogen) atoms. The molecular weight excluding hydrogens is 286 g/mol. The number of nitrogens with zero attached hydrogens (tertiary/aromatic N) is 2. The molecule has 1 amide bonds. The third-order valence-corrected chi connectivity index (χ3v) is 4.54. The van der Waals surface area contributed by atoms with Gasteiger partial charge in [-0.2, -0.15) is 0 Å². The standard InChI is InChI=1S/C19H19N3O/c23-19(21-18-12-22(13-20-18)17-6-3-7-17)11-14-8-9-15-4-1-2-5-16(15)10-14/h1-2,4-5,8-10,12-13,17H,3,6-7,11H2,(H,21,23). The Kier molecular flexibility index (Phi) is 3.58. The molecule has 0 atom stereocenters. The minimum Gasteiger partial charge on any atom is -0.332 e. The first-order valence-electron chi connectivity index (χ1n) is 8.09. The number of rotatable bonds is 4. The summed E-state index contributed by atoms with van der Waals surface area (Å²) >= 11 is 0. The van der Waals surface area contributed by atoms with E-state index in [1.54, 1.807) is 0 Å². The van der Waals surface area contributed by atoms with E-state index >= 15 is 0 Å². The van der Waals surface area contributed by atoms with Crippen LogP contribution in [0, 0.1) is 0 Å². The topological polar surface area (TPSA) is 46.9 Å². The summed E-state index contributed by atoms with van der Waals surface area (Å²) < 4.78 is 2.11. The van der Waals surface area contributed by atoms with Gasteiger partial charge in [-0.25, -0.2) is 4.98 Å². The molecule has 4 nitrogen and oxygen atoms in total. The Hall–Kier alpha value is -2.62. The zero-order chi connectivity index (χ0) is 15.6. The average Bonchev–Trinajstić information content (AvgIpc) is 2.93. The molecule has 0 aliphatic heterocycles. The van der Waals surface area contributed by atoms with Crippen LogP contribution in [0.2, 0.25) is 0 Å². The number of aromatic nitrogens is 2. The Morgan fingerprint density at radius 2 is 2.00 bits per heavy atom. The summed E-state index contributed by atoms with van der Waals surface area (Å²) in [6.45, 7) is 0. The molecule has 4 heteroatoms. The normalized spacial score (nSPS) is 14.6. The average molecular weight is 305 g/mol. The fourth-order valence-electron chi connectivity index (χ4n) is 3.01. The van der Waals surface area contributed by atoms with Gasteiger partial charge in [-0.15, -0.1) is 0 Å². The summed E-state index contributed by atoms with van der Waals surface area (Å²) in [7, 11) is 0. The van der Waals surface area contributed by atoms with Crippen LogP contribution in [0.4, 0.5) is 5.82 Å². The van der Waals surface area contributed by atoms with E-state index < -0.39 is 0 Å². The first kappa shape index (κ1) is 14.0. The summed E-state index contributed by atoms with van der Waals surface area (Å²) in [5, 5.41) is 5.24. The molecule has 116 valence electrons. The number of nitrogens with one attached hydrogen (secondary N) is 1. The minimum absolute atomic E-state index is 0.0286. The van der Waals surface area contributed by atoms with E-state index in [4.69, 9.17) is 0 Å². The van der Waals surface area contributed by atoms with Crippen molar-refractivity contribution in [3.63, 3.8) is 0 Å². The van der Waals surface area contributed by atoms with E-state index in [-0.39, 0.29) is 5.91 Å². The van der Waals surface area contributed by atoms with Gasteiger partial charge in [0.2, 0.25) is 5.91 Å². The molecule has 1 heterocycles. The third-order valence-electron chi connectivity index (χ3n) is 4.54. The van der Waals surface area contributed by atoms with Gasteiger partial charge in [-0.3, -0.25) is 4.79 Å². The molecule has 1 N–H and O–H groups in total. The number of benzene rings is 2. The number of fused-ring (bicyclic) bond motifs is 1. The Balaban J connectivity index is 1.43. The number of amides is 1. The highest BCUT2D eigenvalue weighted by atomic mass is 16.1. The van der Waals surface area contributed by atoms with Crippen LogP contribution in [0.5, 0.6) is 0 Å². The zero-order valence-electron chi connectivity index (χ0n) is 12.9. The molecule has 1 aromatic heterocycles. The lowest BCUT2D eigenvalue weighted by molar-refractivity contribution is -0.115. The molecule has 1 fully saturated rings. The molecule has 2 aromatic carbocycles. The molecule has 0 spiro atoms. The van der Waals surface area contributed by atoms with Crippen LogP contribution in [0.3, 0.4) is 0 Å². The van der Waals surface area contributed by atoms with Gasteiger partial charge in [0.1, 0.15) is 0 Å². The molecule has 1 aliphatic carbocycles. The van der Waals surface area contributed by atoms with Crippen molar-refractivity contribution >= 4 is 22.5 Å². The quantitative estimate of drug-likeness (QED) is 0.793. The number of carbonyl (C=O) groups excluding carboxylic acids is 1. The van der Waals surface area contributed by atoms with Gasteiger partial charge >= 0.3 is 0 Å². The molecular formula is C19H19N3O. The summed E-state index contributed by atoms with van der Waals surface area (Å²) in [5.41, 5.74) is 1.01. The van der Waals surface area contributed by atoms with Crippen molar-refractivity contribution in [2.75, 3.05) is 5.32 Å². The van der Waals surface area contributed by atoms with Crippen molar-refractivity contribution in [1.29, 1.82) is 0 Å². The van der Waals surface area contributed by atoms with Gasteiger partial charge in [0.15, 0.2) is 5.82 Å². The van der Waals surface area contributed by atoms with E-state index in [0.29, 0.717) is 18.3 Å². The maximum absolute atomic E-state index is 12.2. The first-order chi connectivity index (χ1) is 11.3. The van der Waals surface area contributed by atoms with Gasteiger partial charge < -0.3 is 9.88 Å². The van der Waals surface area contributed by atoms with Crippen LogP contribution in [0.15, 0.2) is 55.0 Å². The Labute approximate surface area is 135 Å². The fourth-order valence-corrected chi connectivity index (χ4v) is 3.01. The predicted octanol–water partition coefficient (Wildman–Crippen LogP) is 3.94. The summed E-state index contributed by atoms with van der Waals surface area (Å²) in [5.74, 6) is 0.613. The first-order valence-corrected chi connectivity index (χ1v) is 8.09. The second-order valence-corrected chi connectivity index (χ2v) is 6.20. The van der Waals surface area contributed by atoms with Crippen molar-refractivity contribution < 1.29 is 4.79 Å². The van der Waals surface area contributed by atoms with Crippen LogP contribution >= 0.6 is 0 Å². The van der Waals surface area contributed by atoms with E-state index in [1.807, 2.05) is 30.7 Å². The van der Waals surface area contributed by atoms with E-state index in [1.165, 1.54) is 24.6 Å². The second-order valence-electron chi connectivity index (χ2n) is 6.20. The number of hydrogen-bond acceptors (Lipinski definition) is 2. The summed E-state index contributed by atoms with van der Waals surface area (Å²) in [6.07, 6.45) is 7.81. The molecule has 0 unspecified atom stereocenters. The van der Waals surface area contributed by atoms with Crippen LogP contribution in [0.25, 0.3) is 10.8 Å².